The van der Waals surface area contributed by atoms with Crippen LogP contribution in [0.5, 0.6) is 0 Å². The fourth-order valence-electron chi connectivity index (χ4n) is 4.74. The smallest absolute Gasteiger partial charge is 0.334 e. The number of aryl methyl sites for hydroxylation is 1. The van der Waals surface area contributed by atoms with Gasteiger partial charge in [-0.3, -0.25) is 4.79 Å². The zero-order valence-electron chi connectivity index (χ0n) is 20.3. The van der Waals surface area contributed by atoms with Gasteiger partial charge in [0.05, 0.1) is 6.61 Å². The van der Waals surface area contributed by atoms with Crippen LogP contribution >= 0.6 is 0 Å². The average molecular weight is 421 g/mol. The Labute approximate surface area is 187 Å². The Kier molecular flexibility index (Phi) is 5.94. The Hall–Kier alpha value is -2.42. The number of carbonyl (C=O) groups excluding carboxylic acids is 2. The summed E-state index contributed by atoms with van der Waals surface area (Å²) < 4.78 is 5.47. The average Bonchev–Trinajstić information content (AvgIpc) is 3.01. The van der Waals surface area contributed by atoms with Crippen molar-refractivity contribution in [1.29, 1.82) is 0 Å². The summed E-state index contributed by atoms with van der Waals surface area (Å²) >= 11 is 0. The summed E-state index contributed by atoms with van der Waals surface area (Å²) in [5.74, 6) is -0.167. The number of ether oxygens (including phenoxy) is 1. The van der Waals surface area contributed by atoms with Crippen LogP contribution < -0.4 is 0 Å². The van der Waals surface area contributed by atoms with Crippen molar-refractivity contribution >= 4 is 11.8 Å². The molecule has 1 atom stereocenters. The third-order valence-electron chi connectivity index (χ3n) is 6.45. The van der Waals surface area contributed by atoms with Gasteiger partial charge >= 0.3 is 5.97 Å². The van der Waals surface area contributed by atoms with Gasteiger partial charge < -0.3 is 4.74 Å². The van der Waals surface area contributed by atoms with E-state index in [1.54, 1.807) is 0 Å². The molecule has 0 N–H and O–H groups in total. The number of Topliss-reactive ketones (excluding diaryl/α,β-unsaturated/α-hetero) is 1. The van der Waals surface area contributed by atoms with E-state index in [-0.39, 0.29) is 28.5 Å². The number of rotatable bonds is 3. The van der Waals surface area contributed by atoms with Gasteiger partial charge in [0.2, 0.25) is 0 Å². The Balaban J connectivity index is 2.32. The molecule has 0 aliphatic heterocycles. The van der Waals surface area contributed by atoms with Crippen LogP contribution in [0, 0.1) is 23.2 Å². The van der Waals surface area contributed by atoms with Crippen LogP contribution in [0.1, 0.15) is 71.9 Å². The second-order valence-electron chi connectivity index (χ2n) is 10.9. The van der Waals surface area contributed by atoms with E-state index < -0.39 is 5.41 Å². The van der Waals surface area contributed by atoms with Crippen LogP contribution in [-0.4, -0.2) is 18.4 Å². The summed E-state index contributed by atoms with van der Waals surface area (Å²) in [7, 11) is 0. The van der Waals surface area contributed by atoms with E-state index >= 15 is 0 Å². The highest BCUT2D eigenvalue weighted by Gasteiger charge is 2.51. The van der Waals surface area contributed by atoms with Crippen LogP contribution in [-0.2, 0) is 14.3 Å². The second kappa shape index (κ2) is 7.93. The van der Waals surface area contributed by atoms with Crippen molar-refractivity contribution in [3.8, 4) is 0 Å². The van der Waals surface area contributed by atoms with E-state index in [1.807, 2.05) is 13.0 Å². The molecule has 1 unspecified atom stereocenters. The van der Waals surface area contributed by atoms with Crippen LogP contribution in [0.15, 0.2) is 59.2 Å². The van der Waals surface area contributed by atoms with E-state index in [1.165, 1.54) is 11.1 Å². The predicted octanol–water partition coefficient (Wildman–Crippen LogP) is 6.49. The molecule has 0 aromatic heterocycles. The molecule has 1 spiro atoms. The van der Waals surface area contributed by atoms with Crippen molar-refractivity contribution in [3.05, 3.63) is 70.3 Å². The monoisotopic (exact) mass is 420 g/mol. The van der Waals surface area contributed by atoms with E-state index in [0.717, 1.165) is 17.6 Å². The highest BCUT2D eigenvalue weighted by molar-refractivity contribution is 6.12. The van der Waals surface area contributed by atoms with Crippen molar-refractivity contribution in [1.82, 2.24) is 0 Å². The Bertz CT molecular complexity index is 939. The molecule has 1 aromatic rings. The molecule has 3 heteroatoms. The van der Waals surface area contributed by atoms with Crippen LogP contribution in [0.25, 0.3) is 0 Å². The van der Waals surface area contributed by atoms with Crippen molar-refractivity contribution in [2.75, 3.05) is 6.61 Å². The molecule has 0 bridgehead atoms. The van der Waals surface area contributed by atoms with Gasteiger partial charge in [0.15, 0.2) is 5.78 Å². The first-order valence-corrected chi connectivity index (χ1v) is 11.3. The van der Waals surface area contributed by atoms with Crippen molar-refractivity contribution < 1.29 is 14.3 Å². The molecule has 0 fully saturated rings. The number of carbonyl (C=O) groups is 2. The third-order valence-corrected chi connectivity index (χ3v) is 6.45. The van der Waals surface area contributed by atoms with E-state index in [0.29, 0.717) is 12.2 Å². The molecule has 1 aromatic carbocycles. The topological polar surface area (TPSA) is 43.4 Å². The minimum atomic E-state index is -0.694. The first-order valence-electron chi connectivity index (χ1n) is 11.3. The van der Waals surface area contributed by atoms with E-state index in [9.17, 15) is 9.59 Å². The second-order valence-corrected chi connectivity index (χ2v) is 10.9. The van der Waals surface area contributed by atoms with Gasteiger partial charge in [-0.15, -0.1) is 0 Å². The lowest BCUT2D eigenvalue weighted by atomic mass is 9.60. The van der Waals surface area contributed by atoms with Gasteiger partial charge in [-0.1, -0.05) is 89.6 Å². The molecule has 2 aliphatic rings. The molecule has 3 nitrogen and oxygen atoms in total. The molecule has 0 saturated heterocycles. The van der Waals surface area contributed by atoms with E-state index in [2.05, 4.69) is 84.9 Å². The number of benzene rings is 1. The van der Waals surface area contributed by atoms with Crippen LogP contribution in [0.4, 0.5) is 0 Å². The van der Waals surface area contributed by atoms with E-state index in [4.69, 9.17) is 4.74 Å². The maximum Gasteiger partial charge on any atom is 0.334 e. The molecular formula is C28H36O3. The zero-order valence-corrected chi connectivity index (χ0v) is 20.3. The molecule has 3 rings (SSSR count). The molecule has 166 valence electrons. The lowest BCUT2D eigenvalue weighted by molar-refractivity contribution is -0.139. The van der Waals surface area contributed by atoms with Crippen molar-refractivity contribution in [2.24, 2.45) is 16.2 Å². The SMILES string of the molecule is CCOC(=O)C1=CCC(c2ccc(C)cc2)C12C=C(C(C)(C)C)C(=O)C(C(C)(C)C)=C2. The molecular weight excluding hydrogens is 384 g/mol. The number of esters is 1. The highest BCUT2D eigenvalue weighted by Crippen LogP contribution is 2.57. The highest BCUT2D eigenvalue weighted by atomic mass is 16.5. The normalized spacial score (nSPS) is 21.0. The maximum atomic E-state index is 13.6. The summed E-state index contributed by atoms with van der Waals surface area (Å²) in [6.07, 6.45) is 6.90. The number of hydrogen-bond donors (Lipinski definition) is 0. The molecule has 0 saturated carbocycles. The minimum absolute atomic E-state index is 0.0373. The summed E-state index contributed by atoms with van der Waals surface area (Å²) in [6, 6.07) is 8.52. The van der Waals surface area contributed by atoms with Gasteiger partial charge in [-0.05, 0) is 36.7 Å². The summed E-state index contributed by atoms with van der Waals surface area (Å²) in [5, 5.41) is 0. The summed E-state index contributed by atoms with van der Waals surface area (Å²) in [4.78, 5) is 26.7. The quantitative estimate of drug-likeness (QED) is 0.525. The first kappa shape index (κ1) is 23.2. The third kappa shape index (κ3) is 4.20. The molecule has 2 aliphatic carbocycles. The predicted molar refractivity (Wildman–Crippen MR) is 126 cm³/mol. The summed E-state index contributed by atoms with van der Waals surface area (Å²) in [6.45, 7) is 16.6. The molecule has 31 heavy (non-hydrogen) atoms. The lowest BCUT2D eigenvalue weighted by Gasteiger charge is -2.41. The van der Waals surface area contributed by atoms with Gasteiger partial charge in [0.25, 0.3) is 0 Å². The van der Waals surface area contributed by atoms with Gasteiger partial charge in [0, 0.05) is 28.1 Å². The fourth-order valence-corrected chi connectivity index (χ4v) is 4.74. The van der Waals surface area contributed by atoms with Crippen LogP contribution in [0.2, 0.25) is 0 Å². The number of ketones is 1. The minimum Gasteiger partial charge on any atom is -0.463 e. The molecule has 0 radical (unpaired) electrons. The Morgan fingerprint density at radius 1 is 1.00 bits per heavy atom. The fraction of sp³-hybridized carbons (Fsp3) is 0.500. The largest absolute Gasteiger partial charge is 0.463 e. The van der Waals surface area contributed by atoms with Crippen LogP contribution in [0.3, 0.4) is 0 Å². The first-order chi connectivity index (χ1) is 14.3. The van der Waals surface area contributed by atoms with Gasteiger partial charge in [-0.25, -0.2) is 4.79 Å². The molecule has 0 amide bonds. The Morgan fingerprint density at radius 3 is 1.97 bits per heavy atom. The van der Waals surface area contributed by atoms with Crippen molar-refractivity contribution in [3.63, 3.8) is 0 Å². The lowest BCUT2D eigenvalue weighted by Crippen LogP contribution is -2.37. The van der Waals surface area contributed by atoms with Crippen molar-refractivity contribution in [2.45, 2.75) is 67.7 Å². The number of hydrogen-bond acceptors (Lipinski definition) is 3. The Morgan fingerprint density at radius 2 is 1.52 bits per heavy atom. The number of allylic oxidation sites excluding steroid dienone is 5. The standard InChI is InChI=1S/C28H36O3/c1-9-31-25(30)21-15-14-20(19-12-10-18(2)11-13-19)28(21)16-22(26(3,4)5)24(29)23(17-28)27(6,7)8/h10-13,15-17,20H,9,14H2,1-8H3. The van der Waals surface area contributed by atoms with Gasteiger partial charge in [-0.2, -0.15) is 0 Å². The summed E-state index contributed by atoms with van der Waals surface area (Å²) in [5.41, 5.74) is 3.19. The molecule has 0 heterocycles. The van der Waals surface area contributed by atoms with Gasteiger partial charge in [0.1, 0.15) is 0 Å². The maximum absolute atomic E-state index is 13.6. The zero-order chi connectivity index (χ0) is 23.2.